The summed E-state index contributed by atoms with van der Waals surface area (Å²) in [5.74, 6) is 0.514. The first-order valence-electron chi connectivity index (χ1n) is 5.03. The van der Waals surface area contributed by atoms with Crippen LogP contribution in [0, 0.1) is 0 Å². The number of amides is 1. The topological polar surface area (TPSA) is 54.5 Å². The van der Waals surface area contributed by atoms with Crippen molar-refractivity contribution < 1.29 is 13.2 Å². The highest BCUT2D eigenvalue weighted by Gasteiger charge is 2.59. The summed E-state index contributed by atoms with van der Waals surface area (Å²) in [6.07, 6.45) is 2.58. The molecule has 0 saturated carbocycles. The zero-order valence-corrected chi connectivity index (χ0v) is 10.8. The van der Waals surface area contributed by atoms with Gasteiger partial charge in [0.1, 0.15) is 0 Å². The van der Waals surface area contributed by atoms with Crippen LogP contribution in [0.4, 0.5) is 0 Å². The number of thiol groups is 1. The van der Waals surface area contributed by atoms with E-state index in [4.69, 9.17) is 0 Å². The lowest BCUT2D eigenvalue weighted by atomic mass is 10.1. The minimum absolute atomic E-state index is 0.284. The molecule has 0 bridgehead atoms. The van der Waals surface area contributed by atoms with Crippen molar-refractivity contribution in [1.29, 1.82) is 0 Å². The van der Waals surface area contributed by atoms with E-state index in [1.54, 1.807) is 0 Å². The summed E-state index contributed by atoms with van der Waals surface area (Å²) in [7, 11) is -3.37. The molecule has 1 rings (SSSR count). The van der Waals surface area contributed by atoms with Crippen LogP contribution in [-0.2, 0) is 14.8 Å². The second-order valence-corrected chi connectivity index (χ2v) is 7.04. The van der Waals surface area contributed by atoms with E-state index in [9.17, 15) is 13.2 Å². The normalized spacial score (nSPS) is 22.6. The molecule has 1 aliphatic heterocycles. The molecule has 0 aromatic rings. The second-order valence-electron chi connectivity index (χ2n) is 4.18. The van der Waals surface area contributed by atoms with Gasteiger partial charge >= 0.3 is 0 Å². The molecule has 1 saturated heterocycles. The molecule has 0 atom stereocenters. The molecule has 6 heteroatoms. The molecule has 0 aliphatic carbocycles. The average Bonchev–Trinajstić information content (AvgIpc) is 2.16. The largest absolute Gasteiger partial charge is 0.272 e. The minimum atomic E-state index is -3.37. The fraction of sp³-hybridized carbons (Fsp3) is 0.889. The quantitative estimate of drug-likeness (QED) is 0.587. The third-order valence-electron chi connectivity index (χ3n) is 2.70. The number of hydrogen-bond acceptors (Lipinski definition) is 4. The predicted octanol–water partition coefficient (Wildman–Crippen LogP) is 1.04. The first kappa shape index (κ1) is 12.8. The summed E-state index contributed by atoms with van der Waals surface area (Å²) in [6.45, 7) is 3.22. The van der Waals surface area contributed by atoms with E-state index in [1.807, 2.05) is 0 Å². The highest BCUT2D eigenvalue weighted by Crippen LogP contribution is 2.34. The molecule has 88 valence electrons. The van der Waals surface area contributed by atoms with Crippen molar-refractivity contribution in [1.82, 2.24) is 4.31 Å². The lowest BCUT2D eigenvalue weighted by molar-refractivity contribution is -0.132. The smallest absolute Gasteiger partial charge is 0.258 e. The lowest BCUT2D eigenvalue weighted by Gasteiger charge is -2.43. The molecule has 1 fully saturated rings. The Kier molecular flexibility index (Phi) is 3.71. The Bertz CT molecular complexity index is 348. The highest BCUT2D eigenvalue weighted by molar-refractivity contribution is 7.94. The van der Waals surface area contributed by atoms with E-state index in [0.29, 0.717) is 6.54 Å². The van der Waals surface area contributed by atoms with Crippen LogP contribution < -0.4 is 0 Å². The van der Waals surface area contributed by atoms with Crippen molar-refractivity contribution in [2.45, 2.75) is 37.9 Å². The molecule has 1 heterocycles. The summed E-state index contributed by atoms with van der Waals surface area (Å²) in [4.78, 5) is 11.5. The fourth-order valence-electron chi connectivity index (χ4n) is 1.52. The summed E-state index contributed by atoms with van der Waals surface area (Å²) < 4.78 is 23.0. The molecule has 0 spiro atoms. The molecule has 1 aliphatic rings. The first-order valence-corrected chi connectivity index (χ1v) is 7.10. The van der Waals surface area contributed by atoms with Crippen molar-refractivity contribution in [3.63, 3.8) is 0 Å². The Hall–Kier alpha value is -0.230. The number of hydrogen-bond donors (Lipinski definition) is 1. The van der Waals surface area contributed by atoms with E-state index in [0.717, 1.165) is 29.3 Å². The summed E-state index contributed by atoms with van der Waals surface area (Å²) in [6, 6.07) is 0. The van der Waals surface area contributed by atoms with E-state index in [-0.39, 0.29) is 5.91 Å². The molecule has 0 aromatic heterocycles. The van der Waals surface area contributed by atoms with Gasteiger partial charge in [0, 0.05) is 6.54 Å². The van der Waals surface area contributed by atoms with Crippen molar-refractivity contribution in [3.8, 4) is 0 Å². The average molecular weight is 251 g/mol. The van der Waals surface area contributed by atoms with E-state index in [2.05, 4.69) is 12.6 Å². The molecule has 1 amide bonds. The van der Waals surface area contributed by atoms with Gasteiger partial charge in [0.2, 0.25) is 0 Å². The van der Waals surface area contributed by atoms with Crippen LogP contribution in [0.5, 0.6) is 0 Å². The Balaban J connectivity index is 2.49. The van der Waals surface area contributed by atoms with Crippen LogP contribution in [0.1, 0.15) is 33.1 Å². The molecule has 0 radical (unpaired) electrons. The van der Waals surface area contributed by atoms with Gasteiger partial charge in [0.15, 0.2) is 4.75 Å². The van der Waals surface area contributed by atoms with Crippen molar-refractivity contribution in [2.75, 3.05) is 12.3 Å². The van der Waals surface area contributed by atoms with Gasteiger partial charge < -0.3 is 0 Å². The number of carbonyl (C=O) groups excluding carboxylic acids is 1. The number of sulfonamides is 1. The van der Waals surface area contributed by atoms with Crippen molar-refractivity contribution in [3.05, 3.63) is 0 Å². The van der Waals surface area contributed by atoms with Crippen LogP contribution in [0.2, 0.25) is 0 Å². The third kappa shape index (κ3) is 2.01. The van der Waals surface area contributed by atoms with Crippen LogP contribution >= 0.6 is 12.6 Å². The Morgan fingerprint density at radius 1 is 1.27 bits per heavy atom. The van der Waals surface area contributed by atoms with E-state index >= 15 is 0 Å². The summed E-state index contributed by atoms with van der Waals surface area (Å²) in [5, 5.41) is 0. The molecule has 4 nitrogen and oxygen atoms in total. The number of carbonyl (C=O) groups is 1. The van der Waals surface area contributed by atoms with Crippen LogP contribution in [0.25, 0.3) is 0 Å². The predicted molar refractivity (Wildman–Crippen MR) is 62.4 cm³/mol. The summed E-state index contributed by atoms with van der Waals surface area (Å²) >= 11 is 4.06. The maximum Gasteiger partial charge on any atom is 0.258 e. The maximum absolute atomic E-state index is 11.6. The van der Waals surface area contributed by atoms with Crippen LogP contribution in [0.3, 0.4) is 0 Å². The Labute approximate surface area is 96.5 Å². The zero-order chi connectivity index (χ0) is 11.7. The summed E-state index contributed by atoms with van der Waals surface area (Å²) in [5.41, 5.74) is 0. The lowest BCUT2D eigenvalue weighted by Crippen LogP contribution is -2.67. The van der Waals surface area contributed by atoms with Gasteiger partial charge in [-0.15, -0.1) is 0 Å². The Morgan fingerprint density at radius 3 is 2.33 bits per heavy atom. The van der Waals surface area contributed by atoms with Crippen molar-refractivity contribution in [2.24, 2.45) is 0 Å². The van der Waals surface area contributed by atoms with E-state index < -0.39 is 14.8 Å². The van der Waals surface area contributed by atoms with Crippen molar-refractivity contribution >= 4 is 28.6 Å². The zero-order valence-electron chi connectivity index (χ0n) is 9.06. The monoisotopic (exact) mass is 251 g/mol. The standard InChI is InChI=1S/C9H17NO3S2/c1-9(2)8(11)10(15(9,12)13)6-4-3-5-7-14/h14H,3-7H2,1-2H3. The van der Waals surface area contributed by atoms with Gasteiger partial charge in [-0.1, -0.05) is 6.42 Å². The first-order chi connectivity index (χ1) is 6.85. The molecule has 0 N–H and O–H groups in total. The fourth-order valence-corrected chi connectivity index (χ4v) is 3.31. The minimum Gasteiger partial charge on any atom is -0.272 e. The molecule has 0 aromatic carbocycles. The number of nitrogens with zero attached hydrogens (tertiary/aromatic N) is 1. The number of rotatable bonds is 5. The van der Waals surface area contributed by atoms with Crippen LogP contribution in [-0.4, -0.2) is 35.7 Å². The molecular formula is C9H17NO3S2. The highest BCUT2D eigenvalue weighted by atomic mass is 32.2. The molecular weight excluding hydrogens is 234 g/mol. The van der Waals surface area contributed by atoms with Gasteiger partial charge in [0.05, 0.1) is 0 Å². The Morgan fingerprint density at radius 2 is 1.87 bits per heavy atom. The van der Waals surface area contributed by atoms with Gasteiger partial charge in [-0.2, -0.15) is 12.6 Å². The third-order valence-corrected chi connectivity index (χ3v) is 5.41. The van der Waals surface area contributed by atoms with Gasteiger partial charge in [0.25, 0.3) is 15.9 Å². The second kappa shape index (κ2) is 4.33. The SMILES string of the molecule is CC1(C)C(=O)N(CCCCCS)S1(=O)=O. The van der Waals surface area contributed by atoms with Gasteiger partial charge in [-0.25, -0.2) is 12.7 Å². The number of unbranched alkanes of at least 4 members (excludes halogenated alkanes) is 2. The van der Waals surface area contributed by atoms with Gasteiger partial charge in [-0.05, 0) is 32.4 Å². The van der Waals surface area contributed by atoms with E-state index in [1.165, 1.54) is 13.8 Å². The van der Waals surface area contributed by atoms with Crippen LogP contribution in [0.15, 0.2) is 0 Å². The molecule has 15 heavy (non-hydrogen) atoms. The van der Waals surface area contributed by atoms with Gasteiger partial charge in [-0.3, -0.25) is 4.79 Å². The molecule has 0 unspecified atom stereocenters. The maximum atomic E-state index is 11.6.